The van der Waals surface area contributed by atoms with Crippen LogP contribution in [0.2, 0.25) is 0 Å². The van der Waals surface area contributed by atoms with Gasteiger partial charge in [0.2, 0.25) is 0 Å². The van der Waals surface area contributed by atoms with Crippen LogP contribution >= 0.6 is 0 Å². The molecule has 2 atom stereocenters. The average molecular weight is 395 g/mol. The van der Waals surface area contributed by atoms with Gasteiger partial charge in [0.25, 0.3) is 0 Å². The van der Waals surface area contributed by atoms with Crippen LogP contribution in [-0.2, 0) is 0 Å². The SMILES string of the molecule is C=C(N(C)CCC(C)(C)C#N)N1CC[C@@H](C)[C@@H](N(C)c2ccnc3[nH]ccc23)C1. The Balaban J connectivity index is 1.71. The number of likely N-dealkylation sites (N-methyl/N-ethyl adjacent to an activating group) is 1. The van der Waals surface area contributed by atoms with Crippen molar-refractivity contribution in [2.75, 3.05) is 38.6 Å². The van der Waals surface area contributed by atoms with Crippen molar-refractivity contribution < 1.29 is 0 Å². The normalized spacial score (nSPS) is 19.8. The number of nitrogens with one attached hydrogen (secondary N) is 1. The third-order valence-electron chi connectivity index (χ3n) is 6.41. The topological polar surface area (TPSA) is 62.2 Å². The monoisotopic (exact) mass is 394 g/mol. The highest BCUT2D eigenvalue weighted by Crippen LogP contribution is 2.31. The summed E-state index contributed by atoms with van der Waals surface area (Å²) < 4.78 is 0. The largest absolute Gasteiger partial charge is 0.369 e. The molecule has 2 aromatic rings. The van der Waals surface area contributed by atoms with Gasteiger partial charge in [-0.2, -0.15) is 5.26 Å². The zero-order chi connectivity index (χ0) is 21.2. The molecule has 0 unspecified atom stereocenters. The van der Waals surface area contributed by atoms with Crippen LogP contribution in [0.4, 0.5) is 5.69 Å². The van der Waals surface area contributed by atoms with E-state index in [0.29, 0.717) is 12.0 Å². The molecule has 156 valence electrons. The molecule has 1 fully saturated rings. The van der Waals surface area contributed by atoms with Crippen LogP contribution in [0.3, 0.4) is 0 Å². The molecule has 0 aromatic carbocycles. The van der Waals surface area contributed by atoms with E-state index in [1.165, 1.54) is 5.69 Å². The van der Waals surface area contributed by atoms with E-state index >= 15 is 0 Å². The van der Waals surface area contributed by atoms with E-state index in [1.807, 2.05) is 26.2 Å². The van der Waals surface area contributed by atoms with Crippen molar-refractivity contribution in [3.05, 3.63) is 36.9 Å². The molecule has 1 saturated heterocycles. The molecule has 0 amide bonds. The van der Waals surface area contributed by atoms with Gasteiger partial charge in [-0.3, -0.25) is 0 Å². The van der Waals surface area contributed by atoms with Gasteiger partial charge in [0.15, 0.2) is 0 Å². The fraction of sp³-hybridized carbons (Fsp3) is 0.565. The van der Waals surface area contributed by atoms with E-state index in [9.17, 15) is 5.26 Å². The van der Waals surface area contributed by atoms with Crippen molar-refractivity contribution in [2.24, 2.45) is 11.3 Å². The van der Waals surface area contributed by atoms with E-state index in [0.717, 1.165) is 49.3 Å². The maximum atomic E-state index is 9.27. The lowest BCUT2D eigenvalue weighted by atomic mass is 9.91. The first kappa shape index (κ1) is 21.0. The molecule has 1 N–H and O–H groups in total. The van der Waals surface area contributed by atoms with Crippen LogP contribution in [-0.4, -0.2) is 59.5 Å². The number of likely N-dealkylation sites (tertiary alicyclic amines) is 1. The zero-order valence-corrected chi connectivity index (χ0v) is 18.4. The third kappa shape index (κ3) is 4.50. The van der Waals surface area contributed by atoms with Gasteiger partial charge in [-0.15, -0.1) is 0 Å². The standard InChI is InChI=1S/C23H34N6/c1-17-9-13-29(18(2)27(5)14-10-23(3,4)16-24)15-21(17)28(6)20-8-12-26-22-19(20)7-11-25-22/h7-8,11-12,17,21H,2,9-10,13-15H2,1,3-6H3,(H,25,26)/t17-,21+/m1/s1. The number of pyridine rings is 1. The Bertz CT molecular complexity index is 892. The number of anilines is 1. The number of aromatic nitrogens is 2. The zero-order valence-electron chi connectivity index (χ0n) is 18.4. The minimum atomic E-state index is -0.309. The van der Waals surface area contributed by atoms with Gasteiger partial charge >= 0.3 is 0 Å². The van der Waals surface area contributed by atoms with Gasteiger partial charge in [-0.1, -0.05) is 13.5 Å². The van der Waals surface area contributed by atoms with Crippen molar-refractivity contribution in [1.29, 1.82) is 5.26 Å². The fourth-order valence-electron chi connectivity index (χ4n) is 4.09. The van der Waals surface area contributed by atoms with Gasteiger partial charge < -0.3 is 19.7 Å². The molecule has 1 aliphatic rings. The highest BCUT2D eigenvalue weighted by Gasteiger charge is 2.31. The molecule has 6 nitrogen and oxygen atoms in total. The molecule has 1 aliphatic heterocycles. The second-order valence-electron chi connectivity index (χ2n) is 9.04. The summed E-state index contributed by atoms with van der Waals surface area (Å²) in [6.45, 7) is 13.5. The van der Waals surface area contributed by atoms with Gasteiger partial charge in [0, 0.05) is 63.2 Å². The van der Waals surface area contributed by atoms with E-state index in [4.69, 9.17) is 0 Å². The summed E-state index contributed by atoms with van der Waals surface area (Å²) in [5.41, 5.74) is 1.83. The predicted octanol–water partition coefficient (Wildman–Crippen LogP) is 4.05. The minimum absolute atomic E-state index is 0.309. The number of hydrogen-bond donors (Lipinski definition) is 1. The quantitative estimate of drug-likeness (QED) is 0.767. The van der Waals surface area contributed by atoms with Crippen LogP contribution in [0.15, 0.2) is 36.9 Å². The van der Waals surface area contributed by atoms with Crippen molar-refractivity contribution in [1.82, 2.24) is 19.8 Å². The first-order valence-corrected chi connectivity index (χ1v) is 10.4. The molecule has 0 radical (unpaired) electrons. The Kier molecular flexibility index (Phi) is 6.07. The van der Waals surface area contributed by atoms with Crippen LogP contribution < -0.4 is 4.90 Å². The summed E-state index contributed by atoms with van der Waals surface area (Å²) in [6, 6.07) is 6.99. The van der Waals surface area contributed by atoms with Crippen LogP contribution in [0, 0.1) is 22.7 Å². The molecule has 2 aromatic heterocycles. The number of aromatic amines is 1. The van der Waals surface area contributed by atoms with Crippen LogP contribution in [0.1, 0.15) is 33.6 Å². The summed E-state index contributed by atoms with van der Waals surface area (Å²) in [7, 11) is 4.27. The smallest absolute Gasteiger partial charge is 0.139 e. The second kappa shape index (κ2) is 8.36. The van der Waals surface area contributed by atoms with E-state index in [1.54, 1.807) is 0 Å². The van der Waals surface area contributed by atoms with Crippen molar-refractivity contribution in [3.63, 3.8) is 0 Å². The molecule has 0 spiro atoms. The lowest BCUT2D eigenvalue weighted by Crippen LogP contribution is -2.52. The van der Waals surface area contributed by atoms with Crippen molar-refractivity contribution in [2.45, 2.75) is 39.7 Å². The predicted molar refractivity (Wildman–Crippen MR) is 119 cm³/mol. The number of piperidine rings is 1. The molecule has 6 heteroatoms. The number of H-pyrrole nitrogens is 1. The first-order chi connectivity index (χ1) is 13.7. The lowest BCUT2D eigenvalue weighted by molar-refractivity contribution is 0.154. The van der Waals surface area contributed by atoms with E-state index < -0.39 is 0 Å². The van der Waals surface area contributed by atoms with Crippen molar-refractivity contribution >= 4 is 16.7 Å². The molecular formula is C23H34N6. The van der Waals surface area contributed by atoms with Gasteiger partial charge in [-0.05, 0) is 44.7 Å². The first-order valence-electron chi connectivity index (χ1n) is 10.4. The number of hydrogen-bond acceptors (Lipinski definition) is 5. The maximum absolute atomic E-state index is 9.27. The number of nitriles is 1. The number of rotatable bonds is 7. The minimum Gasteiger partial charge on any atom is -0.369 e. The summed E-state index contributed by atoms with van der Waals surface area (Å²) in [5, 5.41) is 10.4. The fourth-order valence-corrected chi connectivity index (χ4v) is 4.09. The Morgan fingerprint density at radius 1 is 1.41 bits per heavy atom. The molecule has 0 bridgehead atoms. The Morgan fingerprint density at radius 3 is 2.90 bits per heavy atom. The number of fused-ring (bicyclic) bond motifs is 1. The van der Waals surface area contributed by atoms with Crippen LogP contribution in [0.25, 0.3) is 11.0 Å². The van der Waals surface area contributed by atoms with E-state index in [2.05, 4.69) is 70.5 Å². The Morgan fingerprint density at radius 2 is 2.17 bits per heavy atom. The highest BCUT2D eigenvalue weighted by atomic mass is 15.3. The highest BCUT2D eigenvalue weighted by molar-refractivity contribution is 5.89. The molecule has 0 saturated carbocycles. The average Bonchev–Trinajstić information content (AvgIpc) is 3.20. The molecular weight excluding hydrogens is 360 g/mol. The molecule has 29 heavy (non-hydrogen) atoms. The Labute approximate surface area is 174 Å². The summed E-state index contributed by atoms with van der Waals surface area (Å²) in [4.78, 5) is 14.6. The summed E-state index contributed by atoms with van der Waals surface area (Å²) >= 11 is 0. The molecule has 0 aliphatic carbocycles. The summed E-state index contributed by atoms with van der Waals surface area (Å²) in [6.07, 6.45) is 5.78. The summed E-state index contributed by atoms with van der Waals surface area (Å²) in [5.74, 6) is 1.64. The molecule has 3 heterocycles. The van der Waals surface area contributed by atoms with Crippen molar-refractivity contribution in [3.8, 4) is 6.07 Å². The van der Waals surface area contributed by atoms with E-state index in [-0.39, 0.29) is 5.41 Å². The van der Waals surface area contributed by atoms with Gasteiger partial charge in [0.05, 0.1) is 17.3 Å². The lowest BCUT2D eigenvalue weighted by Gasteiger charge is -2.45. The van der Waals surface area contributed by atoms with Gasteiger partial charge in [0.1, 0.15) is 5.65 Å². The van der Waals surface area contributed by atoms with Crippen LogP contribution in [0.5, 0.6) is 0 Å². The maximum Gasteiger partial charge on any atom is 0.139 e. The third-order valence-corrected chi connectivity index (χ3v) is 6.41. The molecule has 3 rings (SSSR count). The Hall–Kier alpha value is -2.68. The van der Waals surface area contributed by atoms with Gasteiger partial charge in [-0.25, -0.2) is 4.98 Å². The number of nitrogens with zero attached hydrogens (tertiary/aromatic N) is 5. The second-order valence-corrected chi connectivity index (χ2v) is 9.04.